The molecular weight excluding hydrogens is 307 g/mol. The molecule has 7 heteroatoms. The number of hydrogen-bond donors (Lipinski definition) is 2. The van der Waals surface area contributed by atoms with Crippen LogP contribution in [0.2, 0.25) is 0 Å². The normalized spacial score (nSPS) is 10.4. The van der Waals surface area contributed by atoms with Crippen molar-refractivity contribution in [3.05, 3.63) is 71.6 Å². The Morgan fingerprint density at radius 3 is 2.25 bits per heavy atom. The number of nitrogens with one attached hydrogen (secondary N) is 2. The third kappa shape index (κ3) is 4.45. The SMILES string of the molecule is Cc1ccnc(NCc2cccc(CNc3ncc(F)cn3)c2)n1. The highest BCUT2D eigenvalue weighted by molar-refractivity contribution is 5.32. The standard InChI is InChI=1S/C17H17FN6/c1-12-5-6-19-17(24-12)21-9-14-4-2-3-13(7-14)8-20-16-22-10-15(18)11-23-16/h2-7,10-11H,8-9H2,1H3,(H,19,21,24)(H,20,22,23). The van der Waals surface area contributed by atoms with Crippen LogP contribution in [0.5, 0.6) is 0 Å². The van der Waals surface area contributed by atoms with Gasteiger partial charge in [-0.3, -0.25) is 0 Å². The number of benzene rings is 1. The first kappa shape index (κ1) is 15.8. The number of halogens is 1. The Kier molecular flexibility index (Phi) is 4.90. The van der Waals surface area contributed by atoms with Gasteiger partial charge >= 0.3 is 0 Å². The molecule has 0 saturated carbocycles. The lowest BCUT2D eigenvalue weighted by Gasteiger charge is -2.08. The van der Waals surface area contributed by atoms with E-state index >= 15 is 0 Å². The Morgan fingerprint density at radius 2 is 1.58 bits per heavy atom. The van der Waals surface area contributed by atoms with Crippen LogP contribution in [0.1, 0.15) is 16.8 Å². The van der Waals surface area contributed by atoms with E-state index in [1.165, 1.54) is 0 Å². The van der Waals surface area contributed by atoms with Gasteiger partial charge in [0.2, 0.25) is 11.9 Å². The summed E-state index contributed by atoms with van der Waals surface area (Å²) in [4.78, 5) is 16.2. The first-order chi connectivity index (χ1) is 11.7. The second-order valence-electron chi connectivity index (χ2n) is 5.27. The first-order valence-electron chi connectivity index (χ1n) is 7.52. The van der Waals surface area contributed by atoms with Crippen LogP contribution in [0.15, 0.2) is 48.9 Å². The van der Waals surface area contributed by atoms with Crippen LogP contribution < -0.4 is 10.6 Å². The van der Waals surface area contributed by atoms with Crippen LogP contribution in [0.3, 0.4) is 0 Å². The fourth-order valence-electron chi connectivity index (χ4n) is 2.15. The van der Waals surface area contributed by atoms with Gasteiger partial charge < -0.3 is 10.6 Å². The Morgan fingerprint density at radius 1 is 0.917 bits per heavy atom. The van der Waals surface area contributed by atoms with Crippen molar-refractivity contribution in [1.29, 1.82) is 0 Å². The first-order valence-corrected chi connectivity index (χ1v) is 7.52. The van der Waals surface area contributed by atoms with E-state index in [4.69, 9.17) is 0 Å². The van der Waals surface area contributed by atoms with Crippen molar-refractivity contribution in [1.82, 2.24) is 19.9 Å². The molecule has 0 radical (unpaired) electrons. The summed E-state index contributed by atoms with van der Waals surface area (Å²) in [7, 11) is 0. The smallest absolute Gasteiger partial charge is 0.223 e. The van der Waals surface area contributed by atoms with Crippen molar-refractivity contribution >= 4 is 11.9 Å². The van der Waals surface area contributed by atoms with E-state index in [-0.39, 0.29) is 0 Å². The molecule has 2 heterocycles. The molecule has 3 aromatic rings. The highest BCUT2D eigenvalue weighted by Gasteiger charge is 2.01. The Hall–Kier alpha value is -3.09. The molecule has 0 amide bonds. The lowest BCUT2D eigenvalue weighted by Crippen LogP contribution is -2.06. The maximum absolute atomic E-state index is 12.8. The predicted molar refractivity (Wildman–Crippen MR) is 89.9 cm³/mol. The van der Waals surface area contributed by atoms with Gasteiger partial charge in [0.1, 0.15) is 0 Å². The van der Waals surface area contributed by atoms with E-state index in [1.807, 2.05) is 31.2 Å². The molecule has 24 heavy (non-hydrogen) atoms. The zero-order valence-electron chi connectivity index (χ0n) is 13.2. The Labute approximate surface area is 139 Å². The summed E-state index contributed by atoms with van der Waals surface area (Å²) in [6.45, 7) is 3.11. The van der Waals surface area contributed by atoms with Crippen LogP contribution in [0.25, 0.3) is 0 Å². The molecule has 0 aliphatic heterocycles. The summed E-state index contributed by atoms with van der Waals surface area (Å²) in [6.07, 6.45) is 4.00. The number of aryl methyl sites for hydroxylation is 1. The molecule has 6 nitrogen and oxygen atoms in total. The molecule has 1 aromatic carbocycles. The van der Waals surface area contributed by atoms with E-state index in [0.717, 1.165) is 29.2 Å². The molecule has 0 unspecified atom stereocenters. The molecule has 0 fully saturated rings. The number of hydrogen-bond acceptors (Lipinski definition) is 6. The van der Waals surface area contributed by atoms with E-state index < -0.39 is 5.82 Å². The van der Waals surface area contributed by atoms with Gasteiger partial charge in [-0.25, -0.2) is 24.3 Å². The molecular formula is C17H17FN6. The molecule has 0 saturated heterocycles. The Balaban J connectivity index is 1.58. The van der Waals surface area contributed by atoms with E-state index in [0.29, 0.717) is 25.0 Å². The molecule has 2 aromatic heterocycles. The van der Waals surface area contributed by atoms with Crippen molar-refractivity contribution in [2.75, 3.05) is 10.6 Å². The maximum Gasteiger partial charge on any atom is 0.223 e. The number of rotatable bonds is 6. The zero-order chi connectivity index (χ0) is 16.8. The average molecular weight is 324 g/mol. The van der Waals surface area contributed by atoms with Gasteiger partial charge in [-0.1, -0.05) is 24.3 Å². The Bertz CT molecular complexity index is 806. The van der Waals surface area contributed by atoms with E-state index in [9.17, 15) is 4.39 Å². The summed E-state index contributed by atoms with van der Waals surface area (Å²) in [5.41, 5.74) is 3.11. The molecule has 0 aliphatic carbocycles. The van der Waals surface area contributed by atoms with E-state index in [2.05, 4.69) is 36.6 Å². The molecule has 0 aliphatic rings. The monoisotopic (exact) mass is 324 g/mol. The minimum Gasteiger partial charge on any atom is -0.350 e. The summed E-state index contributed by atoms with van der Waals surface area (Å²) >= 11 is 0. The topological polar surface area (TPSA) is 75.6 Å². The molecule has 0 spiro atoms. The minimum atomic E-state index is -0.452. The highest BCUT2D eigenvalue weighted by Crippen LogP contribution is 2.09. The zero-order valence-corrected chi connectivity index (χ0v) is 13.2. The van der Waals surface area contributed by atoms with Gasteiger partial charge in [-0.15, -0.1) is 0 Å². The van der Waals surface area contributed by atoms with Crippen LogP contribution in [-0.4, -0.2) is 19.9 Å². The third-order valence-corrected chi connectivity index (χ3v) is 3.31. The lowest BCUT2D eigenvalue weighted by atomic mass is 10.1. The van der Waals surface area contributed by atoms with Crippen LogP contribution in [0.4, 0.5) is 16.3 Å². The van der Waals surface area contributed by atoms with Gasteiger partial charge in [0.15, 0.2) is 5.82 Å². The maximum atomic E-state index is 12.8. The summed E-state index contributed by atoms with van der Waals surface area (Å²) < 4.78 is 12.8. The fraction of sp³-hybridized carbons (Fsp3) is 0.176. The van der Waals surface area contributed by atoms with E-state index in [1.54, 1.807) is 6.20 Å². The van der Waals surface area contributed by atoms with Gasteiger partial charge in [-0.05, 0) is 24.1 Å². The quantitative estimate of drug-likeness (QED) is 0.726. The molecule has 0 atom stereocenters. The van der Waals surface area contributed by atoms with Crippen LogP contribution in [0, 0.1) is 12.7 Å². The summed E-state index contributed by atoms with van der Waals surface area (Å²) in [5, 5.41) is 6.26. The molecule has 0 bridgehead atoms. The minimum absolute atomic E-state index is 0.396. The fourth-order valence-corrected chi connectivity index (χ4v) is 2.15. The number of nitrogens with zero attached hydrogens (tertiary/aromatic N) is 4. The second-order valence-corrected chi connectivity index (χ2v) is 5.27. The summed E-state index contributed by atoms with van der Waals surface area (Å²) in [6, 6.07) is 9.94. The van der Waals surface area contributed by atoms with Crippen LogP contribution >= 0.6 is 0 Å². The third-order valence-electron chi connectivity index (χ3n) is 3.31. The van der Waals surface area contributed by atoms with Crippen LogP contribution in [-0.2, 0) is 13.1 Å². The van der Waals surface area contributed by atoms with Crippen molar-refractivity contribution in [2.45, 2.75) is 20.0 Å². The number of anilines is 2. The van der Waals surface area contributed by atoms with Crippen molar-refractivity contribution in [2.24, 2.45) is 0 Å². The second kappa shape index (κ2) is 7.45. The summed E-state index contributed by atoms with van der Waals surface area (Å²) in [5.74, 6) is 0.554. The van der Waals surface area contributed by atoms with Crippen molar-refractivity contribution < 1.29 is 4.39 Å². The largest absolute Gasteiger partial charge is 0.350 e. The van der Waals surface area contributed by atoms with Gasteiger partial charge in [0.05, 0.1) is 12.4 Å². The lowest BCUT2D eigenvalue weighted by molar-refractivity contribution is 0.614. The number of aromatic nitrogens is 4. The van der Waals surface area contributed by atoms with Crippen molar-refractivity contribution in [3.63, 3.8) is 0 Å². The molecule has 2 N–H and O–H groups in total. The van der Waals surface area contributed by atoms with Gasteiger partial charge in [0, 0.05) is 25.0 Å². The van der Waals surface area contributed by atoms with Gasteiger partial charge in [0.25, 0.3) is 0 Å². The predicted octanol–water partition coefficient (Wildman–Crippen LogP) is 2.94. The van der Waals surface area contributed by atoms with Crippen molar-refractivity contribution in [3.8, 4) is 0 Å². The highest BCUT2D eigenvalue weighted by atomic mass is 19.1. The average Bonchev–Trinajstić information content (AvgIpc) is 2.60. The molecule has 3 rings (SSSR count). The molecule has 122 valence electrons. The van der Waals surface area contributed by atoms with Gasteiger partial charge in [-0.2, -0.15) is 0 Å².